The van der Waals surface area contributed by atoms with Gasteiger partial charge < -0.3 is 74.9 Å². The fraction of sp³-hybridized carbons (Fsp3) is 0.589. The summed E-state index contributed by atoms with van der Waals surface area (Å²) < 4.78 is 97.6. The van der Waals surface area contributed by atoms with Crippen molar-refractivity contribution in [1.29, 1.82) is 0 Å². The lowest BCUT2D eigenvalue weighted by atomic mass is 9.77. The number of hydrogen-bond donors (Lipinski definition) is 0. The van der Waals surface area contributed by atoms with Crippen molar-refractivity contribution in [1.82, 2.24) is 15.0 Å². The van der Waals surface area contributed by atoms with Gasteiger partial charge in [-0.1, -0.05) is 228 Å². The van der Waals surface area contributed by atoms with Crippen molar-refractivity contribution in [2.45, 2.75) is 303 Å². The second-order valence-corrected chi connectivity index (χ2v) is 35.9. The van der Waals surface area contributed by atoms with Crippen LogP contribution >= 0.6 is 7.82 Å². The highest BCUT2D eigenvalue weighted by molar-refractivity contribution is 7.45. The molecule has 4 aliphatic heterocycles. The van der Waals surface area contributed by atoms with Crippen molar-refractivity contribution in [2.24, 2.45) is 0 Å². The van der Waals surface area contributed by atoms with Crippen LogP contribution in [0.1, 0.15) is 293 Å². The maximum atomic E-state index is 14.6. The molecule has 0 amide bonds. The van der Waals surface area contributed by atoms with Gasteiger partial charge in [0, 0.05) is 41.7 Å². The zero-order valence-corrected chi connectivity index (χ0v) is 72.6. The summed E-state index contributed by atoms with van der Waals surface area (Å²) in [7, 11) is -2.38. The molecule has 5 heterocycles. The molecular formula is C90H125B2N4O21P. The Labute approximate surface area is 698 Å². The summed E-state index contributed by atoms with van der Waals surface area (Å²) in [6.45, 7) is 19.3. The molecule has 118 heavy (non-hydrogen) atoms. The van der Waals surface area contributed by atoms with Crippen LogP contribution < -0.4 is 30.0 Å². The summed E-state index contributed by atoms with van der Waals surface area (Å²) in [5, 5.41) is 8.88. The molecule has 5 aromatic carbocycles. The van der Waals surface area contributed by atoms with Crippen molar-refractivity contribution in [3.05, 3.63) is 148 Å². The van der Waals surface area contributed by atoms with E-state index in [1.165, 1.54) is 145 Å². The molecule has 2 unspecified atom stereocenters. The van der Waals surface area contributed by atoms with E-state index in [2.05, 4.69) is 24.2 Å². The van der Waals surface area contributed by atoms with Gasteiger partial charge in [-0.15, -0.1) is 5.10 Å². The molecule has 25 nitrogen and oxygen atoms in total. The number of quaternary nitrogens is 1. The number of rotatable bonds is 49. The number of fused-ring (bicyclic) bond motifs is 6. The highest BCUT2D eigenvalue weighted by Gasteiger charge is 2.55. The predicted molar refractivity (Wildman–Crippen MR) is 447 cm³/mol. The van der Waals surface area contributed by atoms with Gasteiger partial charge in [0.1, 0.15) is 68.2 Å². The molecule has 2 saturated heterocycles. The monoisotopic (exact) mass is 1650 g/mol. The van der Waals surface area contributed by atoms with Gasteiger partial charge in [-0.2, -0.15) is 0 Å². The van der Waals surface area contributed by atoms with E-state index < -0.39 is 93.0 Å². The first-order chi connectivity index (χ1) is 56.4. The standard InChI is InChI=1S/C90H125B2N4O21P/c1-13-15-17-19-21-23-25-27-29-31-33-35-37-39-81(97)104-64-74(109-82(98)40-38-36-34-32-30-28-26-24-22-20-18-16-14-2)65-108-118(102,103)107-56-55-96(11,12)61-70-60-95(94-93-70)71-49-52-76-75(57-71)83(99)113-90(76)77-53-50-72(110-84(100)105-62-66-41-45-68(46-42-66)91-114-86(3,4)87(5,6)115-91)58-79(77)112-80-59-73(51-54-78(80)90)111-85(101)106-63-67-43-47-69(48-44-67)92-116-88(7,8)89(9,10)117-92/h41-54,57-60,74H,13-40,55-56,61-65H2,1-12H3. The quantitative estimate of drug-likeness (QED) is 0.00652. The molecule has 4 aliphatic rings. The Morgan fingerprint density at radius 3 is 1.39 bits per heavy atom. The highest BCUT2D eigenvalue weighted by atomic mass is 31.2. The molecule has 0 bridgehead atoms. The van der Waals surface area contributed by atoms with Crippen molar-refractivity contribution in [3.63, 3.8) is 0 Å². The molecule has 2 fully saturated rings. The first-order valence-corrected chi connectivity index (χ1v) is 44.5. The minimum Gasteiger partial charge on any atom is -0.756 e. The average Bonchev–Trinajstić information content (AvgIpc) is 1.50. The third-order valence-corrected chi connectivity index (χ3v) is 24.3. The molecule has 0 saturated carbocycles. The van der Waals surface area contributed by atoms with E-state index in [4.69, 9.17) is 65.6 Å². The number of carbonyl (C=O) groups is 5. The lowest BCUT2D eigenvalue weighted by molar-refractivity contribution is -0.904. The van der Waals surface area contributed by atoms with Gasteiger partial charge in [-0.25, -0.2) is 19.1 Å². The number of benzene rings is 5. The first-order valence-electron chi connectivity index (χ1n) is 43.0. The summed E-state index contributed by atoms with van der Waals surface area (Å²) in [4.78, 5) is 80.9. The number of likely N-dealkylation sites (N-methyl/N-ethyl adjacent to an activating group) is 1. The Balaban J connectivity index is 0.753. The second kappa shape index (κ2) is 43.0. The van der Waals surface area contributed by atoms with Gasteiger partial charge in [0.2, 0.25) is 0 Å². The number of nitrogens with zero attached hydrogens (tertiary/aromatic N) is 4. The van der Waals surface area contributed by atoms with Crippen molar-refractivity contribution in [2.75, 3.05) is 40.5 Å². The number of ether oxygens (including phenoxy) is 8. The third-order valence-electron chi connectivity index (χ3n) is 23.3. The van der Waals surface area contributed by atoms with Gasteiger partial charge in [-0.05, 0) is 127 Å². The number of carbonyl (C=O) groups excluding carboxylic acids is 5. The molecule has 10 rings (SSSR count). The third kappa shape index (κ3) is 26.3. The second-order valence-electron chi connectivity index (χ2n) is 34.5. The Morgan fingerprint density at radius 2 is 0.941 bits per heavy atom. The number of aromatic nitrogens is 3. The van der Waals surface area contributed by atoms with Crippen molar-refractivity contribution in [3.8, 4) is 28.7 Å². The number of phosphoric ester groups is 1. The minimum atomic E-state index is -4.98. The van der Waals surface area contributed by atoms with Gasteiger partial charge >= 0.3 is 44.5 Å². The van der Waals surface area contributed by atoms with Crippen LogP contribution in [0, 0.1) is 0 Å². The SMILES string of the molecule is CCCCCCCCCCCCCCCC(=O)OCC(COP(=O)([O-])OCC[N+](C)(C)Cc1cn(-c2ccc3c(c2)C(=O)OC32c3ccc(OC(=O)OCc4ccc(B5OC(C)(C)C(C)(C)O5)cc4)cc3Oc3cc(OC(=O)OCc4ccc(B5OC(C)(C)C(C)(C)O5)cc4)ccc32)nn1)OC(=O)CCCCCCCCCCCCCCC. The zero-order chi connectivity index (χ0) is 84.6. The van der Waals surface area contributed by atoms with Gasteiger partial charge in [0.25, 0.3) is 7.82 Å². The lowest BCUT2D eigenvalue weighted by Gasteiger charge is -2.36. The summed E-state index contributed by atoms with van der Waals surface area (Å²) in [5.74, 6) is -1.33. The molecule has 0 aliphatic carbocycles. The van der Waals surface area contributed by atoms with E-state index in [0.29, 0.717) is 52.0 Å². The van der Waals surface area contributed by atoms with E-state index in [1.54, 1.807) is 36.5 Å². The first kappa shape index (κ1) is 92.3. The van der Waals surface area contributed by atoms with E-state index in [0.717, 1.165) is 49.5 Å². The lowest BCUT2D eigenvalue weighted by Crippen LogP contribution is -2.41. The van der Waals surface area contributed by atoms with Crippen LogP contribution in [0.3, 0.4) is 0 Å². The number of hydrogen-bond acceptors (Lipinski definition) is 23. The predicted octanol–water partition coefficient (Wildman–Crippen LogP) is 18.4. The van der Waals surface area contributed by atoms with E-state index in [-0.39, 0.29) is 85.4 Å². The van der Waals surface area contributed by atoms with E-state index in [1.807, 2.05) is 118 Å². The number of phosphoric acid groups is 1. The largest absolute Gasteiger partial charge is 0.756 e. The molecule has 0 N–H and O–H groups in total. The number of esters is 3. The van der Waals surface area contributed by atoms with Crippen LogP contribution in [0.5, 0.6) is 23.0 Å². The van der Waals surface area contributed by atoms with Crippen molar-refractivity contribution < 1.29 is 103 Å². The number of unbranched alkanes of at least 4 members (excludes halogenated alkanes) is 24. The van der Waals surface area contributed by atoms with Crippen LogP contribution in [0.25, 0.3) is 5.69 Å². The van der Waals surface area contributed by atoms with Crippen LogP contribution in [0.15, 0.2) is 109 Å². The molecule has 6 aromatic rings. The molecular weight excluding hydrogens is 1530 g/mol. The topological polar surface area (TPSA) is 285 Å². The van der Waals surface area contributed by atoms with Crippen molar-refractivity contribution >= 4 is 63.2 Å². The maximum Gasteiger partial charge on any atom is 0.514 e. The maximum absolute atomic E-state index is 14.6. The average molecular weight is 1650 g/mol. The summed E-state index contributed by atoms with van der Waals surface area (Å²) in [6, 6.07) is 29.1. The fourth-order valence-electron chi connectivity index (χ4n) is 14.8. The van der Waals surface area contributed by atoms with Gasteiger partial charge in [0.05, 0.1) is 60.6 Å². The summed E-state index contributed by atoms with van der Waals surface area (Å²) in [5.41, 5.74) is 1.58. The molecule has 28 heteroatoms. The van der Waals surface area contributed by atoms with Crippen LogP contribution in [-0.2, 0) is 90.9 Å². The molecule has 0 radical (unpaired) electrons. The van der Waals surface area contributed by atoms with Crippen LogP contribution in [-0.4, -0.2) is 133 Å². The normalized spacial score (nSPS) is 16.6. The summed E-state index contributed by atoms with van der Waals surface area (Å²) >= 11 is 0. The Bertz CT molecular complexity index is 4140. The van der Waals surface area contributed by atoms with Crippen LogP contribution in [0.4, 0.5) is 9.59 Å². The Hall–Kier alpha value is -7.97. The molecule has 1 aromatic heterocycles. The zero-order valence-electron chi connectivity index (χ0n) is 71.7. The van der Waals surface area contributed by atoms with Gasteiger partial charge in [-0.3, -0.25) is 14.2 Å². The fourth-order valence-corrected chi connectivity index (χ4v) is 15.5. The Kier molecular flexibility index (Phi) is 33.6. The molecule has 1 spiro atoms. The van der Waals surface area contributed by atoms with E-state index >= 15 is 0 Å². The summed E-state index contributed by atoms with van der Waals surface area (Å²) in [6.07, 6.45) is 29.1. The minimum absolute atomic E-state index is 0.0376. The molecule has 642 valence electrons. The van der Waals surface area contributed by atoms with Gasteiger partial charge in [0.15, 0.2) is 11.7 Å². The smallest absolute Gasteiger partial charge is 0.514 e. The Morgan fingerprint density at radius 1 is 0.517 bits per heavy atom. The van der Waals surface area contributed by atoms with E-state index in [9.17, 15) is 33.4 Å². The highest BCUT2D eigenvalue weighted by Crippen LogP contribution is 2.57. The van der Waals surface area contributed by atoms with Crippen LogP contribution in [0.2, 0.25) is 0 Å². The molecule has 2 atom stereocenters.